The molecule has 0 saturated heterocycles. The third kappa shape index (κ3) is 3.20. The van der Waals surface area contributed by atoms with Gasteiger partial charge in [0, 0.05) is 10.9 Å². The third-order valence-electron chi connectivity index (χ3n) is 2.11. The van der Waals surface area contributed by atoms with E-state index in [9.17, 15) is 14.7 Å². The topological polar surface area (TPSA) is 72.8 Å². The van der Waals surface area contributed by atoms with Gasteiger partial charge in [-0.05, 0) is 17.7 Å². The van der Waals surface area contributed by atoms with Crippen LogP contribution in [0.3, 0.4) is 0 Å². The van der Waals surface area contributed by atoms with Gasteiger partial charge in [0.1, 0.15) is 0 Å². The smallest absolute Gasteiger partial charge is 0.374 e. The van der Waals surface area contributed by atoms with E-state index in [4.69, 9.17) is 4.74 Å². The lowest BCUT2D eigenvalue weighted by atomic mass is 10.1. The molecule has 0 aliphatic carbocycles. The number of methoxy groups -OCH3 is 2. The Hall–Kier alpha value is -1.56. The highest BCUT2D eigenvalue weighted by Gasteiger charge is 2.17. The Labute approximate surface area is 106 Å². The Morgan fingerprint density at radius 2 is 2.00 bits per heavy atom. The van der Waals surface area contributed by atoms with E-state index in [2.05, 4.69) is 20.7 Å². The van der Waals surface area contributed by atoms with Crippen molar-refractivity contribution in [2.24, 2.45) is 0 Å². The normalized spacial score (nSPS) is 9.82. The molecule has 1 aromatic carbocycles. The van der Waals surface area contributed by atoms with Crippen LogP contribution in [0, 0.1) is 0 Å². The highest BCUT2D eigenvalue weighted by Crippen LogP contribution is 2.32. The van der Waals surface area contributed by atoms with Crippen LogP contribution in [-0.4, -0.2) is 31.1 Å². The van der Waals surface area contributed by atoms with Crippen LogP contribution in [0.15, 0.2) is 16.6 Å². The molecular weight excluding hydrogens is 292 g/mol. The molecule has 0 fully saturated rings. The monoisotopic (exact) mass is 302 g/mol. The number of hydrogen-bond acceptors (Lipinski definition) is 5. The summed E-state index contributed by atoms with van der Waals surface area (Å²) >= 11 is 3.19. The number of ether oxygens (including phenoxy) is 2. The van der Waals surface area contributed by atoms with Gasteiger partial charge in [-0.15, -0.1) is 0 Å². The number of aromatic hydroxyl groups is 1. The van der Waals surface area contributed by atoms with Gasteiger partial charge in [0.15, 0.2) is 11.5 Å². The summed E-state index contributed by atoms with van der Waals surface area (Å²) < 4.78 is 9.75. The van der Waals surface area contributed by atoms with Crippen molar-refractivity contribution in [2.75, 3.05) is 14.2 Å². The van der Waals surface area contributed by atoms with Gasteiger partial charge in [-0.3, -0.25) is 4.79 Å². The number of phenols is 1. The standard InChI is InChI=1S/C11H11BrO5/c1-16-10-4-6(7(12)5-8(10)13)3-9(14)11(15)17-2/h4-5,13H,3H2,1-2H3. The molecule has 0 radical (unpaired) electrons. The molecule has 0 bridgehead atoms. The van der Waals surface area contributed by atoms with E-state index >= 15 is 0 Å². The quantitative estimate of drug-likeness (QED) is 0.673. The zero-order valence-corrected chi connectivity index (χ0v) is 10.9. The van der Waals surface area contributed by atoms with Crippen LogP contribution in [-0.2, 0) is 20.7 Å². The third-order valence-corrected chi connectivity index (χ3v) is 2.85. The summed E-state index contributed by atoms with van der Waals surface area (Å²) in [6.07, 6.45) is -0.121. The summed E-state index contributed by atoms with van der Waals surface area (Å²) in [6, 6.07) is 2.89. The summed E-state index contributed by atoms with van der Waals surface area (Å²) in [7, 11) is 2.54. The van der Waals surface area contributed by atoms with E-state index in [1.165, 1.54) is 19.2 Å². The fourth-order valence-electron chi connectivity index (χ4n) is 1.24. The van der Waals surface area contributed by atoms with E-state index in [1.807, 2.05) is 0 Å². The molecule has 5 nitrogen and oxygen atoms in total. The van der Waals surface area contributed by atoms with Gasteiger partial charge >= 0.3 is 5.97 Å². The molecule has 17 heavy (non-hydrogen) atoms. The second-order valence-corrected chi connectivity index (χ2v) is 4.06. The molecule has 0 atom stereocenters. The summed E-state index contributed by atoms with van der Waals surface area (Å²) in [5.41, 5.74) is 0.537. The average molecular weight is 303 g/mol. The first-order valence-electron chi connectivity index (χ1n) is 4.66. The van der Waals surface area contributed by atoms with Gasteiger partial charge in [-0.2, -0.15) is 0 Å². The molecule has 0 aromatic heterocycles. The van der Waals surface area contributed by atoms with Crippen molar-refractivity contribution < 1.29 is 24.2 Å². The van der Waals surface area contributed by atoms with E-state index in [1.54, 1.807) is 0 Å². The minimum absolute atomic E-state index is 0.0476. The zero-order chi connectivity index (χ0) is 13.0. The maximum atomic E-state index is 11.4. The minimum Gasteiger partial charge on any atom is -0.504 e. The van der Waals surface area contributed by atoms with Crippen LogP contribution in [0.1, 0.15) is 5.56 Å². The molecule has 1 rings (SSSR count). The first-order valence-corrected chi connectivity index (χ1v) is 5.45. The second-order valence-electron chi connectivity index (χ2n) is 3.21. The number of rotatable bonds is 4. The molecule has 1 aromatic rings. The Kier molecular flexibility index (Phi) is 4.51. The largest absolute Gasteiger partial charge is 0.504 e. The van der Waals surface area contributed by atoms with Crippen molar-refractivity contribution in [3.8, 4) is 11.5 Å². The van der Waals surface area contributed by atoms with E-state index in [0.29, 0.717) is 10.0 Å². The van der Waals surface area contributed by atoms with E-state index in [0.717, 1.165) is 7.11 Å². The van der Waals surface area contributed by atoms with Crippen molar-refractivity contribution in [1.82, 2.24) is 0 Å². The first-order chi connectivity index (χ1) is 7.99. The van der Waals surface area contributed by atoms with Crippen molar-refractivity contribution >= 4 is 27.7 Å². The average Bonchev–Trinajstić information content (AvgIpc) is 2.31. The Morgan fingerprint density at radius 1 is 1.35 bits per heavy atom. The van der Waals surface area contributed by atoms with Crippen molar-refractivity contribution in [1.29, 1.82) is 0 Å². The molecule has 92 valence electrons. The molecule has 0 saturated carbocycles. The van der Waals surface area contributed by atoms with Crippen LogP contribution in [0.25, 0.3) is 0 Å². The Bertz CT molecular complexity index is 455. The molecule has 0 aliphatic heterocycles. The van der Waals surface area contributed by atoms with Crippen LogP contribution < -0.4 is 4.74 Å². The number of carbonyl (C=O) groups is 2. The number of carbonyl (C=O) groups excluding carboxylic acids is 2. The fraction of sp³-hybridized carbons (Fsp3) is 0.273. The molecule has 1 N–H and O–H groups in total. The molecule has 0 heterocycles. The predicted octanol–water partition coefficient (Wildman–Crippen LogP) is 1.45. The van der Waals surface area contributed by atoms with Crippen LogP contribution in [0.2, 0.25) is 0 Å². The summed E-state index contributed by atoms with van der Waals surface area (Å²) in [5, 5.41) is 9.47. The van der Waals surface area contributed by atoms with Gasteiger partial charge < -0.3 is 14.6 Å². The molecular formula is C11H11BrO5. The van der Waals surface area contributed by atoms with Gasteiger partial charge in [0.25, 0.3) is 0 Å². The van der Waals surface area contributed by atoms with Crippen molar-refractivity contribution in [2.45, 2.75) is 6.42 Å². The number of Topliss-reactive ketones (excluding diaryl/α,β-unsaturated/α-hetero) is 1. The van der Waals surface area contributed by atoms with E-state index < -0.39 is 11.8 Å². The fourth-order valence-corrected chi connectivity index (χ4v) is 1.71. The molecule has 0 unspecified atom stereocenters. The second kappa shape index (κ2) is 5.67. The van der Waals surface area contributed by atoms with Crippen molar-refractivity contribution in [3.63, 3.8) is 0 Å². The summed E-state index contributed by atoms with van der Waals surface area (Å²) in [4.78, 5) is 22.4. The number of ketones is 1. The number of benzene rings is 1. The van der Waals surface area contributed by atoms with Gasteiger partial charge in [-0.1, -0.05) is 15.9 Å². The van der Waals surface area contributed by atoms with Crippen LogP contribution >= 0.6 is 15.9 Å². The first kappa shape index (κ1) is 13.5. The SMILES string of the molecule is COC(=O)C(=O)Cc1cc(OC)c(O)cc1Br. The number of phenolic OH excluding ortho intramolecular Hbond substituents is 1. The number of hydrogen-bond donors (Lipinski definition) is 1. The van der Waals surface area contributed by atoms with Crippen LogP contribution in [0.5, 0.6) is 11.5 Å². The molecule has 0 spiro atoms. The maximum absolute atomic E-state index is 11.4. The van der Waals surface area contributed by atoms with Gasteiger partial charge in [-0.25, -0.2) is 4.79 Å². The summed E-state index contributed by atoms with van der Waals surface area (Å²) in [5.74, 6) is -1.38. The Morgan fingerprint density at radius 3 is 2.53 bits per heavy atom. The zero-order valence-electron chi connectivity index (χ0n) is 9.32. The minimum atomic E-state index is -0.899. The van der Waals surface area contributed by atoms with Gasteiger partial charge in [0.2, 0.25) is 5.78 Å². The molecule has 0 amide bonds. The lowest BCUT2D eigenvalue weighted by Gasteiger charge is -2.08. The van der Waals surface area contributed by atoms with Gasteiger partial charge in [0.05, 0.1) is 14.2 Å². The highest BCUT2D eigenvalue weighted by molar-refractivity contribution is 9.10. The van der Waals surface area contributed by atoms with E-state index in [-0.39, 0.29) is 17.9 Å². The molecule has 0 aliphatic rings. The van der Waals surface area contributed by atoms with Crippen LogP contribution in [0.4, 0.5) is 0 Å². The summed E-state index contributed by atoms with van der Waals surface area (Å²) in [6.45, 7) is 0. The Balaban J connectivity index is 2.99. The lowest BCUT2D eigenvalue weighted by Crippen LogP contribution is -2.18. The lowest BCUT2D eigenvalue weighted by molar-refractivity contribution is -0.151. The number of esters is 1. The maximum Gasteiger partial charge on any atom is 0.374 e. The highest BCUT2D eigenvalue weighted by atomic mass is 79.9. The predicted molar refractivity (Wildman–Crippen MR) is 63.1 cm³/mol. The molecule has 6 heteroatoms. The van der Waals surface area contributed by atoms with Crippen molar-refractivity contribution in [3.05, 3.63) is 22.2 Å². The number of halogens is 1.